The maximum atomic E-state index is 6.59. The average Bonchev–Trinajstić information content (AvgIpc) is 3.02. The Kier molecular flexibility index (Phi) is 3.32. The molecule has 3 aromatic rings. The third-order valence-electron chi connectivity index (χ3n) is 8.72. The van der Waals surface area contributed by atoms with Crippen molar-refractivity contribution in [3.8, 4) is 22.3 Å². The van der Waals surface area contributed by atoms with E-state index in [1.165, 1.54) is 54.4 Å². The van der Waals surface area contributed by atoms with Crippen molar-refractivity contribution in [1.82, 2.24) is 0 Å². The molecule has 5 aliphatic carbocycles. The minimum Gasteiger partial charge on any atom is -0.0843 e. The molecule has 0 heterocycles. The SMILES string of the molecule is Clc1ccc2c(c1)C1(c3cc(-c4ccccc4)ccc3-2)C2CC3CC(C2)CC1C3. The van der Waals surface area contributed by atoms with Crippen molar-refractivity contribution in [3.05, 3.63) is 82.9 Å². The van der Waals surface area contributed by atoms with Crippen LogP contribution in [0.15, 0.2) is 66.7 Å². The van der Waals surface area contributed by atoms with E-state index >= 15 is 0 Å². The molecule has 3 aromatic carbocycles. The lowest BCUT2D eigenvalue weighted by Crippen LogP contribution is -2.55. The fraction of sp³-hybridized carbons (Fsp3) is 0.357. The standard InChI is InChI=1S/C28H25Cl/c29-23-7-9-25-24-8-6-20(19-4-2-1-3-5-19)15-26(24)28(27(25)16-23)21-11-17-10-18(13-21)14-22(28)12-17/h1-9,15-18,21-22H,10-14H2. The molecule has 0 amide bonds. The molecule has 4 bridgehead atoms. The molecule has 29 heavy (non-hydrogen) atoms. The first-order valence-electron chi connectivity index (χ1n) is 11.2. The van der Waals surface area contributed by atoms with Gasteiger partial charge in [0.1, 0.15) is 0 Å². The van der Waals surface area contributed by atoms with Crippen LogP contribution in [0.25, 0.3) is 22.3 Å². The molecule has 0 aromatic heterocycles. The highest BCUT2D eigenvalue weighted by molar-refractivity contribution is 6.30. The Hall–Kier alpha value is -2.05. The Morgan fingerprint density at radius 3 is 1.93 bits per heavy atom. The van der Waals surface area contributed by atoms with E-state index in [-0.39, 0.29) is 5.41 Å². The highest BCUT2D eigenvalue weighted by atomic mass is 35.5. The Morgan fingerprint density at radius 2 is 1.24 bits per heavy atom. The van der Waals surface area contributed by atoms with Gasteiger partial charge in [-0.05, 0) is 107 Å². The predicted molar refractivity (Wildman–Crippen MR) is 120 cm³/mol. The van der Waals surface area contributed by atoms with Crippen LogP contribution in [0.3, 0.4) is 0 Å². The van der Waals surface area contributed by atoms with Gasteiger partial charge < -0.3 is 0 Å². The molecular weight excluding hydrogens is 372 g/mol. The van der Waals surface area contributed by atoms with E-state index in [2.05, 4.69) is 66.7 Å². The van der Waals surface area contributed by atoms with Gasteiger partial charge in [0.2, 0.25) is 0 Å². The highest BCUT2D eigenvalue weighted by Gasteiger charge is 2.61. The molecule has 1 heteroatoms. The Bertz CT molecular complexity index is 1100. The van der Waals surface area contributed by atoms with Crippen LogP contribution in [0.4, 0.5) is 0 Å². The molecular formula is C28H25Cl. The van der Waals surface area contributed by atoms with Gasteiger partial charge >= 0.3 is 0 Å². The second-order valence-electron chi connectivity index (χ2n) is 9.99. The van der Waals surface area contributed by atoms with Gasteiger partial charge in [-0.2, -0.15) is 0 Å². The van der Waals surface area contributed by atoms with E-state index in [1.54, 1.807) is 11.1 Å². The molecule has 5 aliphatic rings. The summed E-state index contributed by atoms with van der Waals surface area (Å²) in [6.07, 6.45) is 7.13. The number of benzene rings is 3. The third kappa shape index (κ3) is 2.11. The van der Waals surface area contributed by atoms with Crippen LogP contribution in [0.2, 0.25) is 5.02 Å². The molecule has 0 atom stereocenters. The van der Waals surface area contributed by atoms with E-state index in [4.69, 9.17) is 11.6 Å². The molecule has 4 fully saturated rings. The second kappa shape index (κ2) is 5.76. The number of halogens is 1. The van der Waals surface area contributed by atoms with Crippen molar-refractivity contribution >= 4 is 11.6 Å². The van der Waals surface area contributed by atoms with Crippen LogP contribution in [0.1, 0.15) is 43.2 Å². The number of hydrogen-bond acceptors (Lipinski definition) is 0. The summed E-state index contributed by atoms with van der Waals surface area (Å²) in [6, 6.07) is 24.8. The van der Waals surface area contributed by atoms with Crippen molar-refractivity contribution in [2.24, 2.45) is 23.7 Å². The molecule has 0 unspecified atom stereocenters. The molecule has 1 spiro atoms. The van der Waals surface area contributed by atoms with E-state index in [0.717, 1.165) is 28.7 Å². The molecule has 8 rings (SSSR count). The van der Waals surface area contributed by atoms with Gasteiger partial charge in [0.05, 0.1) is 0 Å². The van der Waals surface area contributed by atoms with Crippen LogP contribution in [0.5, 0.6) is 0 Å². The normalized spacial score (nSPS) is 33.1. The number of fused-ring (bicyclic) bond motifs is 3. The van der Waals surface area contributed by atoms with E-state index in [0.29, 0.717) is 0 Å². The summed E-state index contributed by atoms with van der Waals surface area (Å²) in [7, 11) is 0. The first kappa shape index (κ1) is 16.7. The summed E-state index contributed by atoms with van der Waals surface area (Å²) in [6.45, 7) is 0. The summed E-state index contributed by atoms with van der Waals surface area (Å²) in [5, 5.41) is 0.896. The smallest absolute Gasteiger partial charge is 0.0409 e. The molecule has 0 radical (unpaired) electrons. The fourth-order valence-corrected chi connectivity index (χ4v) is 8.15. The van der Waals surface area contributed by atoms with E-state index in [1.807, 2.05) is 0 Å². The minimum absolute atomic E-state index is 0.188. The lowest BCUT2D eigenvalue weighted by molar-refractivity contribution is -0.0399. The topological polar surface area (TPSA) is 0 Å². The van der Waals surface area contributed by atoms with Crippen molar-refractivity contribution in [2.75, 3.05) is 0 Å². The van der Waals surface area contributed by atoms with Gasteiger partial charge in [0.25, 0.3) is 0 Å². The first-order chi connectivity index (χ1) is 14.2. The highest BCUT2D eigenvalue weighted by Crippen LogP contribution is 2.69. The average molecular weight is 397 g/mol. The van der Waals surface area contributed by atoms with Crippen molar-refractivity contribution in [2.45, 2.75) is 37.5 Å². The third-order valence-corrected chi connectivity index (χ3v) is 8.95. The van der Waals surface area contributed by atoms with Gasteiger partial charge in [-0.25, -0.2) is 0 Å². The van der Waals surface area contributed by atoms with E-state index < -0.39 is 0 Å². The molecule has 0 nitrogen and oxygen atoms in total. The quantitative estimate of drug-likeness (QED) is 0.394. The number of hydrogen-bond donors (Lipinski definition) is 0. The monoisotopic (exact) mass is 396 g/mol. The first-order valence-corrected chi connectivity index (χ1v) is 11.6. The maximum absolute atomic E-state index is 6.59. The second-order valence-corrected chi connectivity index (χ2v) is 10.4. The van der Waals surface area contributed by atoms with Crippen molar-refractivity contribution < 1.29 is 0 Å². The van der Waals surface area contributed by atoms with Crippen molar-refractivity contribution in [1.29, 1.82) is 0 Å². The van der Waals surface area contributed by atoms with Gasteiger partial charge in [0, 0.05) is 10.4 Å². The van der Waals surface area contributed by atoms with Gasteiger partial charge in [0.15, 0.2) is 0 Å². The Morgan fingerprint density at radius 1 is 0.621 bits per heavy atom. The summed E-state index contributed by atoms with van der Waals surface area (Å²) in [4.78, 5) is 0. The van der Waals surface area contributed by atoms with Crippen LogP contribution < -0.4 is 0 Å². The number of rotatable bonds is 1. The molecule has 4 saturated carbocycles. The summed E-state index contributed by atoms with van der Waals surface area (Å²) in [5.41, 5.74) is 8.91. The van der Waals surface area contributed by atoms with Crippen LogP contribution in [0, 0.1) is 23.7 Å². The molecule has 0 saturated heterocycles. The maximum Gasteiger partial charge on any atom is 0.0409 e. The zero-order chi connectivity index (χ0) is 19.2. The predicted octanol–water partition coefficient (Wildman–Crippen LogP) is 7.73. The van der Waals surface area contributed by atoms with Crippen LogP contribution >= 0.6 is 11.6 Å². The largest absolute Gasteiger partial charge is 0.0843 e. The molecule has 0 aliphatic heterocycles. The Balaban J connectivity index is 1.51. The summed E-state index contributed by atoms with van der Waals surface area (Å²) < 4.78 is 0. The lowest BCUT2D eigenvalue weighted by Gasteiger charge is -2.61. The van der Waals surface area contributed by atoms with Gasteiger partial charge in [-0.1, -0.05) is 60.1 Å². The van der Waals surface area contributed by atoms with E-state index in [9.17, 15) is 0 Å². The van der Waals surface area contributed by atoms with Gasteiger partial charge in [-0.15, -0.1) is 0 Å². The minimum atomic E-state index is 0.188. The molecule has 144 valence electrons. The van der Waals surface area contributed by atoms with Crippen molar-refractivity contribution in [3.63, 3.8) is 0 Å². The summed E-state index contributed by atoms with van der Waals surface area (Å²) in [5.74, 6) is 3.49. The Labute approximate surface area is 177 Å². The van der Waals surface area contributed by atoms with Gasteiger partial charge in [-0.3, -0.25) is 0 Å². The fourth-order valence-electron chi connectivity index (χ4n) is 7.98. The lowest BCUT2D eigenvalue weighted by atomic mass is 9.43. The summed E-state index contributed by atoms with van der Waals surface area (Å²) >= 11 is 6.59. The van der Waals surface area contributed by atoms with Crippen LogP contribution in [-0.4, -0.2) is 0 Å². The zero-order valence-electron chi connectivity index (χ0n) is 16.6. The molecule has 0 N–H and O–H groups in total. The van der Waals surface area contributed by atoms with Crippen LogP contribution in [-0.2, 0) is 5.41 Å². The zero-order valence-corrected chi connectivity index (χ0v) is 17.3.